The predicted molar refractivity (Wildman–Crippen MR) is 139 cm³/mol. The minimum atomic E-state index is -0.694. The van der Waals surface area contributed by atoms with Gasteiger partial charge in [-0.1, -0.05) is 89.9 Å². The topological polar surface area (TPSA) is 49.4 Å². The summed E-state index contributed by atoms with van der Waals surface area (Å²) in [6.45, 7) is 6.10. The molecule has 3 rings (SSSR count). The minimum absolute atomic E-state index is 0.0664. The third-order valence-electron chi connectivity index (χ3n) is 5.32. The van der Waals surface area contributed by atoms with E-state index in [0.717, 1.165) is 11.1 Å². The van der Waals surface area contributed by atoms with E-state index in [2.05, 4.69) is 5.32 Å². The number of benzene rings is 3. The zero-order valence-corrected chi connectivity index (χ0v) is 21.2. The fourth-order valence-electron chi connectivity index (χ4n) is 3.72. The predicted octanol–water partition coefficient (Wildman–Crippen LogP) is 6.09. The van der Waals surface area contributed by atoms with Gasteiger partial charge in [-0.3, -0.25) is 9.59 Å². The first-order valence-corrected chi connectivity index (χ1v) is 12.0. The van der Waals surface area contributed by atoms with Crippen molar-refractivity contribution in [3.8, 4) is 0 Å². The monoisotopic (exact) mass is 496 g/mol. The maximum atomic E-state index is 13.7. The molecule has 34 heavy (non-hydrogen) atoms. The van der Waals surface area contributed by atoms with Gasteiger partial charge in [-0.15, -0.1) is 0 Å². The molecular formula is C28H30Cl2N2O2. The van der Waals surface area contributed by atoms with E-state index in [1.807, 2.05) is 81.4 Å². The van der Waals surface area contributed by atoms with Crippen molar-refractivity contribution in [3.63, 3.8) is 0 Å². The van der Waals surface area contributed by atoms with Crippen LogP contribution in [-0.4, -0.2) is 28.3 Å². The first-order valence-electron chi connectivity index (χ1n) is 11.3. The number of nitrogens with one attached hydrogen (secondary N) is 1. The van der Waals surface area contributed by atoms with Crippen LogP contribution in [0.3, 0.4) is 0 Å². The van der Waals surface area contributed by atoms with Gasteiger partial charge in [-0.2, -0.15) is 0 Å². The molecule has 4 nitrogen and oxygen atoms in total. The summed E-state index contributed by atoms with van der Waals surface area (Å²) in [5, 5.41) is 4.01. The van der Waals surface area contributed by atoms with Crippen LogP contribution in [-0.2, 0) is 29.0 Å². The van der Waals surface area contributed by atoms with Crippen molar-refractivity contribution in [1.29, 1.82) is 0 Å². The molecular weight excluding hydrogens is 467 g/mol. The molecule has 0 saturated heterocycles. The smallest absolute Gasteiger partial charge is 0.243 e. The maximum Gasteiger partial charge on any atom is 0.243 e. The molecule has 1 N–H and O–H groups in total. The SMILES string of the molecule is CC(C)(C)NC(=O)[C@H](Cc1ccccc1)N(Cc1ccccc1)C(=O)Cc1ccc(Cl)cc1Cl. The number of hydrogen-bond acceptors (Lipinski definition) is 2. The Hall–Kier alpha value is -2.82. The van der Waals surface area contributed by atoms with Gasteiger partial charge < -0.3 is 10.2 Å². The Balaban J connectivity index is 1.98. The highest BCUT2D eigenvalue weighted by Crippen LogP contribution is 2.23. The van der Waals surface area contributed by atoms with Gasteiger partial charge in [0.2, 0.25) is 11.8 Å². The number of hydrogen-bond donors (Lipinski definition) is 1. The van der Waals surface area contributed by atoms with Gasteiger partial charge in [0, 0.05) is 28.5 Å². The zero-order valence-electron chi connectivity index (χ0n) is 19.7. The number of amides is 2. The summed E-state index contributed by atoms with van der Waals surface area (Å²) in [7, 11) is 0. The number of carbonyl (C=O) groups is 2. The Bertz CT molecular complexity index is 1110. The van der Waals surface area contributed by atoms with Crippen LogP contribution in [0.5, 0.6) is 0 Å². The lowest BCUT2D eigenvalue weighted by molar-refractivity contribution is -0.141. The highest BCUT2D eigenvalue weighted by molar-refractivity contribution is 6.35. The van der Waals surface area contributed by atoms with E-state index in [1.54, 1.807) is 23.1 Å². The van der Waals surface area contributed by atoms with Crippen molar-refractivity contribution in [3.05, 3.63) is 106 Å². The van der Waals surface area contributed by atoms with Crippen LogP contribution in [0.25, 0.3) is 0 Å². The van der Waals surface area contributed by atoms with Gasteiger partial charge in [-0.05, 0) is 49.6 Å². The molecule has 0 unspecified atom stereocenters. The van der Waals surface area contributed by atoms with E-state index in [9.17, 15) is 9.59 Å². The van der Waals surface area contributed by atoms with Crippen molar-refractivity contribution in [1.82, 2.24) is 10.2 Å². The summed E-state index contributed by atoms with van der Waals surface area (Å²) < 4.78 is 0. The molecule has 0 aliphatic rings. The van der Waals surface area contributed by atoms with Crippen LogP contribution in [0.1, 0.15) is 37.5 Å². The quantitative estimate of drug-likeness (QED) is 0.410. The lowest BCUT2D eigenvalue weighted by Gasteiger charge is -2.34. The Labute approximate surface area is 211 Å². The van der Waals surface area contributed by atoms with E-state index >= 15 is 0 Å². The van der Waals surface area contributed by atoms with Crippen LogP contribution >= 0.6 is 23.2 Å². The van der Waals surface area contributed by atoms with Crippen LogP contribution in [0.15, 0.2) is 78.9 Å². The third-order valence-corrected chi connectivity index (χ3v) is 5.91. The number of carbonyl (C=O) groups excluding carboxylic acids is 2. The van der Waals surface area contributed by atoms with E-state index in [-0.39, 0.29) is 18.2 Å². The maximum absolute atomic E-state index is 13.7. The van der Waals surface area contributed by atoms with Gasteiger partial charge in [0.1, 0.15) is 6.04 Å². The van der Waals surface area contributed by atoms with Gasteiger partial charge in [0.15, 0.2) is 0 Å². The van der Waals surface area contributed by atoms with Crippen molar-refractivity contribution < 1.29 is 9.59 Å². The van der Waals surface area contributed by atoms with Crippen molar-refractivity contribution in [2.24, 2.45) is 0 Å². The van der Waals surface area contributed by atoms with E-state index < -0.39 is 11.6 Å². The average molecular weight is 497 g/mol. The fraction of sp³-hybridized carbons (Fsp3) is 0.286. The summed E-state index contributed by atoms with van der Waals surface area (Å²) in [4.78, 5) is 28.9. The number of halogens is 2. The Kier molecular flexibility index (Phi) is 8.76. The van der Waals surface area contributed by atoms with Crippen molar-refractivity contribution in [2.75, 3.05) is 0 Å². The summed E-state index contributed by atoms with van der Waals surface area (Å²) in [5.41, 5.74) is 2.16. The summed E-state index contributed by atoms with van der Waals surface area (Å²) in [5.74, 6) is -0.374. The molecule has 0 fully saturated rings. The molecule has 0 aliphatic heterocycles. The highest BCUT2D eigenvalue weighted by atomic mass is 35.5. The molecule has 0 aromatic heterocycles. The standard InChI is InChI=1S/C28H30Cl2N2O2/c1-28(2,3)31-27(34)25(16-20-10-6-4-7-11-20)32(19-21-12-8-5-9-13-21)26(33)17-22-14-15-23(29)18-24(22)30/h4-15,18,25H,16-17,19H2,1-3H3,(H,31,34)/t25-/m0/s1. The summed E-state index contributed by atoms with van der Waals surface area (Å²) in [6, 6.07) is 23.8. The first kappa shape index (κ1) is 25.8. The summed E-state index contributed by atoms with van der Waals surface area (Å²) >= 11 is 12.4. The lowest BCUT2D eigenvalue weighted by atomic mass is 10.00. The van der Waals surface area contributed by atoms with E-state index in [4.69, 9.17) is 23.2 Å². The second kappa shape index (κ2) is 11.5. The number of nitrogens with zero attached hydrogens (tertiary/aromatic N) is 1. The van der Waals surface area contributed by atoms with Gasteiger partial charge in [0.05, 0.1) is 6.42 Å². The second-order valence-corrected chi connectivity index (χ2v) is 10.2. The molecule has 0 spiro atoms. The van der Waals surface area contributed by atoms with Crippen LogP contribution in [0.4, 0.5) is 0 Å². The molecule has 0 heterocycles. The Morgan fingerprint density at radius 3 is 2.03 bits per heavy atom. The van der Waals surface area contributed by atoms with Crippen molar-refractivity contribution in [2.45, 2.75) is 51.7 Å². The van der Waals surface area contributed by atoms with Gasteiger partial charge >= 0.3 is 0 Å². The molecule has 0 radical (unpaired) electrons. The molecule has 3 aromatic carbocycles. The third kappa shape index (κ3) is 7.61. The molecule has 0 saturated carbocycles. The Morgan fingerprint density at radius 1 is 0.882 bits per heavy atom. The van der Waals surface area contributed by atoms with Crippen LogP contribution < -0.4 is 5.32 Å². The Morgan fingerprint density at radius 2 is 1.47 bits per heavy atom. The van der Waals surface area contributed by atoms with E-state index in [0.29, 0.717) is 28.6 Å². The first-order chi connectivity index (χ1) is 16.1. The van der Waals surface area contributed by atoms with Crippen LogP contribution in [0.2, 0.25) is 10.0 Å². The molecule has 0 aliphatic carbocycles. The van der Waals surface area contributed by atoms with Crippen LogP contribution in [0, 0.1) is 0 Å². The number of rotatable bonds is 8. The second-order valence-electron chi connectivity index (χ2n) is 9.36. The molecule has 178 valence electrons. The van der Waals surface area contributed by atoms with Crippen molar-refractivity contribution >= 4 is 35.0 Å². The van der Waals surface area contributed by atoms with Gasteiger partial charge in [-0.25, -0.2) is 0 Å². The average Bonchev–Trinajstić information content (AvgIpc) is 2.78. The summed E-state index contributed by atoms with van der Waals surface area (Å²) in [6.07, 6.45) is 0.465. The fourth-order valence-corrected chi connectivity index (χ4v) is 4.19. The molecule has 0 bridgehead atoms. The van der Waals surface area contributed by atoms with E-state index in [1.165, 1.54) is 0 Å². The normalized spacial score (nSPS) is 12.1. The molecule has 1 atom stereocenters. The highest BCUT2D eigenvalue weighted by Gasteiger charge is 2.32. The largest absolute Gasteiger partial charge is 0.350 e. The molecule has 2 amide bonds. The van der Waals surface area contributed by atoms with Gasteiger partial charge in [0.25, 0.3) is 0 Å². The molecule has 3 aromatic rings. The zero-order chi connectivity index (χ0) is 24.7. The molecule has 6 heteroatoms. The minimum Gasteiger partial charge on any atom is -0.350 e. The lowest BCUT2D eigenvalue weighted by Crippen LogP contribution is -2.54.